The van der Waals surface area contributed by atoms with Crippen LogP contribution < -0.4 is 19.5 Å². The second kappa shape index (κ2) is 11.2. The molecular weight excluding hydrogens is 396 g/mol. The van der Waals surface area contributed by atoms with Crippen molar-refractivity contribution in [3.05, 3.63) is 52.6 Å². The SMILES string of the molecule is COc1ccc(OCCCC(=O)OCC(=O)Nc2ccc(OC)cc2[N+](=O)[O-])cc1. The predicted octanol–water partition coefficient (Wildman–Crippen LogP) is 2.95. The molecule has 10 heteroatoms. The normalized spacial score (nSPS) is 10.1. The van der Waals surface area contributed by atoms with Crippen LogP contribution in [0.2, 0.25) is 0 Å². The van der Waals surface area contributed by atoms with E-state index in [4.69, 9.17) is 18.9 Å². The highest BCUT2D eigenvalue weighted by Gasteiger charge is 2.18. The molecule has 0 aliphatic heterocycles. The Morgan fingerprint density at radius 1 is 1.00 bits per heavy atom. The lowest BCUT2D eigenvalue weighted by molar-refractivity contribution is -0.384. The van der Waals surface area contributed by atoms with E-state index < -0.39 is 23.4 Å². The van der Waals surface area contributed by atoms with Crippen molar-refractivity contribution >= 4 is 23.3 Å². The number of nitrogens with zero attached hydrogens (tertiary/aromatic N) is 1. The van der Waals surface area contributed by atoms with Crippen LogP contribution in [-0.4, -0.2) is 44.2 Å². The number of anilines is 1. The Hall–Kier alpha value is -3.82. The number of rotatable bonds is 11. The maximum absolute atomic E-state index is 11.9. The van der Waals surface area contributed by atoms with Gasteiger partial charge in [-0.25, -0.2) is 0 Å². The maximum atomic E-state index is 11.9. The van der Waals surface area contributed by atoms with E-state index in [0.29, 0.717) is 24.5 Å². The number of benzene rings is 2. The van der Waals surface area contributed by atoms with Gasteiger partial charge in [0.25, 0.3) is 11.6 Å². The molecule has 0 fully saturated rings. The fraction of sp³-hybridized carbons (Fsp3) is 0.300. The summed E-state index contributed by atoms with van der Waals surface area (Å²) in [7, 11) is 2.94. The van der Waals surface area contributed by atoms with Crippen molar-refractivity contribution in [1.82, 2.24) is 0 Å². The fourth-order valence-corrected chi connectivity index (χ4v) is 2.38. The van der Waals surface area contributed by atoms with Gasteiger partial charge < -0.3 is 24.3 Å². The van der Waals surface area contributed by atoms with Crippen LogP contribution in [0.25, 0.3) is 0 Å². The Bertz CT molecular complexity index is 883. The van der Waals surface area contributed by atoms with Gasteiger partial charge in [-0.2, -0.15) is 0 Å². The summed E-state index contributed by atoms with van der Waals surface area (Å²) < 4.78 is 20.4. The molecule has 30 heavy (non-hydrogen) atoms. The quantitative estimate of drug-likeness (QED) is 0.255. The highest BCUT2D eigenvalue weighted by atomic mass is 16.6. The minimum absolute atomic E-state index is 0.0188. The number of hydrogen-bond donors (Lipinski definition) is 1. The lowest BCUT2D eigenvalue weighted by Crippen LogP contribution is -2.21. The van der Waals surface area contributed by atoms with Crippen molar-refractivity contribution in [1.29, 1.82) is 0 Å². The predicted molar refractivity (Wildman–Crippen MR) is 107 cm³/mol. The third-order valence-corrected chi connectivity index (χ3v) is 3.89. The summed E-state index contributed by atoms with van der Waals surface area (Å²) in [4.78, 5) is 34.2. The van der Waals surface area contributed by atoms with Gasteiger partial charge in [0.2, 0.25) is 0 Å². The van der Waals surface area contributed by atoms with Crippen LogP contribution in [0.3, 0.4) is 0 Å². The Balaban J connectivity index is 1.71. The molecule has 0 heterocycles. The van der Waals surface area contributed by atoms with Gasteiger partial charge in [-0.05, 0) is 42.8 Å². The molecular formula is C20H22N2O8. The van der Waals surface area contributed by atoms with Gasteiger partial charge in [-0.3, -0.25) is 19.7 Å². The average Bonchev–Trinajstić information content (AvgIpc) is 2.75. The van der Waals surface area contributed by atoms with Crippen LogP contribution in [0.5, 0.6) is 17.2 Å². The summed E-state index contributed by atoms with van der Waals surface area (Å²) in [5.41, 5.74) is -0.348. The minimum Gasteiger partial charge on any atom is -0.497 e. The van der Waals surface area contributed by atoms with Crippen molar-refractivity contribution in [3.8, 4) is 17.2 Å². The molecule has 0 bridgehead atoms. The standard InChI is InChI=1S/C20H22N2O8/c1-27-14-5-7-15(8-6-14)29-11-3-4-20(24)30-13-19(23)21-17-10-9-16(28-2)12-18(17)22(25)26/h5-10,12H,3-4,11,13H2,1-2H3,(H,21,23). The lowest BCUT2D eigenvalue weighted by Gasteiger charge is -2.09. The van der Waals surface area contributed by atoms with Gasteiger partial charge in [-0.1, -0.05) is 0 Å². The summed E-state index contributed by atoms with van der Waals surface area (Å²) >= 11 is 0. The second-order valence-electron chi connectivity index (χ2n) is 5.98. The van der Waals surface area contributed by atoms with E-state index >= 15 is 0 Å². The summed E-state index contributed by atoms with van der Waals surface area (Å²) in [6, 6.07) is 11.0. The summed E-state index contributed by atoms with van der Waals surface area (Å²) in [5.74, 6) is 0.371. The van der Waals surface area contributed by atoms with Crippen LogP contribution in [0.15, 0.2) is 42.5 Å². The van der Waals surface area contributed by atoms with E-state index in [-0.39, 0.29) is 23.5 Å². The molecule has 0 saturated heterocycles. The van der Waals surface area contributed by atoms with Gasteiger partial charge in [0.05, 0.1) is 31.8 Å². The third kappa shape index (κ3) is 6.97. The van der Waals surface area contributed by atoms with Gasteiger partial charge in [0.15, 0.2) is 6.61 Å². The minimum atomic E-state index is -0.689. The van der Waals surface area contributed by atoms with E-state index in [2.05, 4.69) is 5.32 Å². The zero-order valence-corrected chi connectivity index (χ0v) is 16.6. The Morgan fingerprint density at radius 2 is 1.63 bits per heavy atom. The molecule has 2 rings (SSSR count). The Kier molecular flexibility index (Phi) is 8.42. The fourth-order valence-electron chi connectivity index (χ4n) is 2.38. The first-order valence-electron chi connectivity index (χ1n) is 8.97. The number of nitro groups is 1. The summed E-state index contributed by atoms with van der Waals surface area (Å²) in [6.07, 6.45) is 0.461. The molecule has 0 aliphatic carbocycles. The average molecular weight is 418 g/mol. The first-order chi connectivity index (χ1) is 14.4. The molecule has 0 saturated carbocycles. The number of nitro benzene ring substituents is 1. The van der Waals surface area contributed by atoms with Crippen LogP contribution in [-0.2, 0) is 14.3 Å². The van der Waals surface area contributed by atoms with Crippen molar-refractivity contribution in [2.75, 3.05) is 32.8 Å². The summed E-state index contributed by atoms with van der Waals surface area (Å²) in [6.45, 7) is -0.257. The highest BCUT2D eigenvalue weighted by molar-refractivity contribution is 5.95. The number of amides is 1. The van der Waals surface area contributed by atoms with Crippen molar-refractivity contribution < 1.29 is 33.5 Å². The van der Waals surface area contributed by atoms with E-state index in [0.717, 1.165) is 0 Å². The van der Waals surface area contributed by atoms with Gasteiger partial charge in [0, 0.05) is 6.42 Å². The first kappa shape index (κ1) is 22.5. The molecule has 1 amide bonds. The molecule has 0 radical (unpaired) electrons. The van der Waals surface area contributed by atoms with Gasteiger partial charge in [0.1, 0.15) is 22.9 Å². The molecule has 0 unspecified atom stereocenters. The maximum Gasteiger partial charge on any atom is 0.306 e. The van der Waals surface area contributed by atoms with Crippen LogP contribution in [0.4, 0.5) is 11.4 Å². The molecule has 0 atom stereocenters. The number of ether oxygens (including phenoxy) is 4. The monoisotopic (exact) mass is 418 g/mol. The number of nitrogens with one attached hydrogen (secondary N) is 1. The molecule has 0 aliphatic rings. The largest absolute Gasteiger partial charge is 0.497 e. The van der Waals surface area contributed by atoms with Crippen LogP contribution >= 0.6 is 0 Å². The number of esters is 1. The van der Waals surface area contributed by atoms with E-state index in [1.807, 2.05) is 0 Å². The number of methoxy groups -OCH3 is 2. The summed E-state index contributed by atoms with van der Waals surface area (Å²) in [5, 5.41) is 13.5. The van der Waals surface area contributed by atoms with E-state index in [1.165, 1.54) is 25.3 Å². The van der Waals surface area contributed by atoms with Crippen molar-refractivity contribution in [2.45, 2.75) is 12.8 Å². The molecule has 10 nitrogen and oxygen atoms in total. The Labute approximate surface area is 172 Å². The zero-order valence-electron chi connectivity index (χ0n) is 16.6. The molecule has 1 N–H and O–H groups in total. The smallest absolute Gasteiger partial charge is 0.306 e. The molecule has 2 aromatic rings. The lowest BCUT2D eigenvalue weighted by atomic mass is 10.2. The van der Waals surface area contributed by atoms with E-state index in [9.17, 15) is 19.7 Å². The van der Waals surface area contributed by atoms with Crippen LogP contribution in [0, 0.1) is 10.1 Å². The zero-order chi connectivity index (χ0) is 21.9. The molecule has 160 valence electrons. The van der Waals surface area contributed by atoms with Crippen molar-refractivity contribution in [3.63, 3.8) is 0 Å². The van der Waals surface area contributed by atoms with Gasteiger partial charge in [-0.15, -0.1) is 0 Å². The molecule has 0 spiro atoms. The second-order valence-corrected chi connectivity index (χ2v) is 5.98. The third-order valence-electron chi connectivity index (χ3n) is 3.89. The van der Waals surface area contributed by atoms with Gasteiger partial charge >= 0.3 is 5.97 Å². The van der Waals surface area contributed by atoms with Crippen molar-refractivity contribution in [2.24, 2.45) is 0 Å². The molecule has 0 aromatic heterocycles. The number of carbonyl (C=O) groups excluding carboxylic acids is 2. The molecule has 2 aromatic carbocycles. The number of carbonyl (C=O) groups is 2. The topological polar surface area (TPSA) is 126 Å². The number of hydrogen-bond acceptors (Lipinski definition) is 8. The highest BCUT2D eigenvalue weighted by Crippen LogP contribution is 2.28. The Morgan fingerprint density at radius 3 is 2.27 bits per heavy atom. The first-order valence-corrected chi connectivity index (χ1v) is 8.97. The van der Waals surface area contributed by atoms with Crippen LogP contribution in [0.1, 0.15) is 12.8 Å². The van der Waals surface area contributed by atoms with E-state index in [1.54, 1.807) is 31.4 Å².